The lowest BCUT2D eigenvalue weighted by Crippen LogP contribution is -2.44. The first-order chi connectivity index (χ1) is 18.1. The van der Waals surface area contributed by atoms with Crippen LogP contribution in [0, 0.1) is 0 Å². The van der Waals surface area contributed by atoms with Gasteiger partial charge in [-0.1, -0.05) is 104 Å². The zero-order chi connectivity index (χ0) is 27.8. The van der Waals surface area contributed by atoms with E-state index < -0.39 is 13.9 Å². The highest BCUT2D eigenvalue weighted by Crippen LogP contribution is 2.42. The number of ether oxygens (including phenoxy) is 3. The van der Waals surface area contributed by atoms with Gasteiger partial charge in [-0.25, -0.2) is 0 Å². The summed E-state index contributed by atoms with van der Waals surface area (Å²) in [6, 6.07) is 26.7. The van der Waals surface area contributed by atoms with Crippen LogP contribution in [-0.2, 0) is 14.8 Å². The molecule has 3 aromatic carbocycles. The van der Waals surface area contributed by atoms with Crippen LogP contribution in [0.2, 0.25) is 18.1 Å². The Kier molecular flexibility index (Phi) is 10.6. The van der Waals surface area contributed by atoms with Crippen molar-refractivity contribution in [1.29, 1.82) is 0 Å². The Labute approximate surface area is 243 Å². The molecule has 4 nitrogen and oxygen atoms in total. The molecule has 0 saturated heterocycles. The topological polar surface area (TPSA) is 36.9 Å². The van der Waals surface area contributed by atoms with Crippen LogP contribution in [0.5, 0.6) is 11.5 Å². The first-order valence-electron chi connectivity index (χ1n) is 13.0. The molecule has 0 aliphatic heterocycles. The van der Waals surface area contributed by atoms with Gasteiger partial charge in [-0.2, -0.15) is 0 Å². The van der Waals surface area contributed by atoms with Crippen molar-refractivity contribution in [1.82, 2.24) is 0 Å². The maximum Gasteiger partial charge on any atom is 0.192 e. The minimum Gasteiger partial charge on any atom is -0.497 e. The largest absolute Gasteiger partial charge is 0.497 e. The first kappa shape index (κ1) is 30.4. The Morgan fingerprint density at radius 1 is 0.763 bits per heavy atom. The maximum absolute atomic E-state index is 7.03. The van der Waals surface area contributed by atoms with Gasteiger partial charge >= 0.3 is 0 Å². The predicted molar refractivity (Wildman–Crippen MR) is 168 cm³/mol. The normalized spacial score (nSPS) is 13.5. The van der Waals surface area contributed by atoms with Crippen LogP contribution in [0.1, 0.15) is 43.9 Å². The standard InChI is InChI=1S/C32H41IO4Si/c1-31(2,3)38(6,7)37-30(21-23-33)22-24-36-32(25-11-9-8-10-12-25,26-13-17-28(34-4)18-14-26)27-15-19-29(35-5)20-16-27/h8-21,23,30H,22,24H2,1-7H3/b23-21+/t30-/m1/s1. The SMILES string of the molecule is COc1ccc(C(OCC[C@@H](/C=C/I)O[Si](C)(C)C(C)(C)C)(c2ccccc2)c2ccc(OC)cc2)cc1. The van der Waals surface area contributed by atoms with Crippen molar-refractivity contribution in [3.8, 4) is 11.5 Å². The molecule has 0 N–H and O–H groups in total. The van der Waals surface area contributed by atoms with E-state index in [4.69, 9.17) is 18.6 Å². The number of rotatable bonds is 12. The van der Waals surface area contributed by atoms with E-state index in [1.807, 2.05) is 34.4 Å². The van der Waals surface area contributed by atoms with E-state index >= 15 is 0 Å². The van der Waals surface area contributed by atoms with Gasteiger partial charge < -0.3 is 18.6 Å². The summed E-state index contributed by atoms with van der Waals surface area (Å²) >= 11 is 2.27. The van der Waals surface area contributed by atoms with Gasteiger partial charge in [0, 0.05) is 0 Å². The lowest BCUT2D eigenvalue weighted by Gasteiger charge is -2.39. The average molecular weight is 645 g/mol. The van der Waals surface area contributed by atoms with Crippen LogP contribution in [0.25, 0.3) is 0 Å². The lowest BCUT2D eigenvalue weighted by molar-refractivity contribution is 0.000995. The molecular formula is C32H41IO4Si. The Bertz CT molecular complexity index is 1110. The van der Waals surface area contributed by atoms with E-state index in [9.17, 15) is 0 Å². The molecule has 0 spiro atoms. The molecule has 38 heavy (non-hydrogen) atoms. The van der Waals surface area contributed by atoms with Crippen LogP contribution >= 0.6 is 22.6 Å². The number of methoxy groups -OCH3 is 2. The van der Waals surface area contributed by atoms with Crippen LogP contribution in [0.4, 0.5) is 0 Å². The van der Waals surface area contributed by atoms with Crippen LogP contribution < -0.4 is 9.47 Å². The lowest BCUT2D eigenvalue weighted by atomic mass is 9.80. The van der Waals surface area contributed by atoms with Crippen molar-refractivity contribution in [2.75, 3.05) is 20.8 Å². The van der Waals surface area contributed by atoms with Crippen LogP contribution in [0.3, 0.4) is 0 Å². The fourth-order valence-corrected chi connectivity index (χ4v) is 6.00. The molecule has 6 heteroatoms. The zero-order valence-electron chi connectivity index (χ0n) is 23.7. The Hall–Kier alpha value is -2.13. The molecule has 0 amide bonds. The summed E-state index contributed by atoms with van der Waals surface area (Å²) in [6.07, 6.45) is 2.87. The molecule has 0 bridgehead atoms. The van der Waals surface area contributed by atoms with E-state index in [0.717, 1.165) is 34.6 Å². The van der Waals surface area contributed by atoms with Crippen molar-refractivity contribution in [2.45, 2.75) is 57.0 Å². The van der Waals surface area contributed by atoms with E-state index in [0.29, 0.717) is 6.61 Å². The number of benzene rings is 3. The van der Waals surface area contributed by atoms with Gasteiger partial charge in [-0.15, -0.1) is 0 Å². The molecule has 0 fully saturated rings. The van der Waals surface area contributed by atoms with Crippen molar-refractivity contribution in [3.05, 3.63) is 106 Å². The molecule has 0 aromatic heterocycles. The van der Waals surface area contributed by atoms with Crippen molar-refractivity contribution >= 4 is 30.9 Å². The fourth-order valence-electron chi connectivity index (χ4n) is 4.23. The van der Waals surface area contributed by atoms with Crippen molar-refractivity contribution < 1.29 is 18.6 Å². The third kappa shape index (κ3) is 7.08. The summed E-state index contributed by atoms with van der Waals surface area (Å²) in [5, 5.41) is 0.130. The quantitative estimate of drug-likeness (QED) is 0.112. The summed E-state index contributed by atoms with van der Waals surface area (Å²) in [4.78, 5) is 0. The van der Waals surface area contributed by atoms with Gasteiger partial charge in [0.15, 0.2) is 8.32 Å². The third-order valence-corrected chi connectivity index (χ3v) is 12.4. The van der Waals surface area contributed by atoms with E-state index in [-0.39, 0.29) is 11.1 Å². The van der Waals surface area contributed by atoms with Gasteiger partial charge in [-0.05, 0) is 69.6 Å². The fraction of sp³-hybridized carbons (Fsp3) is 0.375. The Morgan fingerprint density at radius 3 is 1.66 bits per heavy atom. The van der Waals surface area contributed by atoms with E-state index in [1.165, 1.54) is 0 Å². The summed E-state index contributed by atoms with van der Waals surface area (Å²) in [5.74, 6) is 1.61. The highest BCUT2D eigenvalue weighted by Gasteiger charge is 2.40. The minimum absolute atomic E-state index is 0.0204. The second kappa shape index (κ2) is 13.3. The summed E-state index contributed by atoms with van der Waals surface area (Å²) in [7, 11) is 1.41. The van der Waals surface area contributed by atoms with Gasteiger partial charge in [0.1, 0.15) is 17.1 Å². The van der Waals surface area contributed by atoms with Gasteiger partial charge in [-0.3, -0.25) is 0 Å². The first-order valence-corrected chi connectivity index (χ1v) is 17.2. The van der Waals surface area contributed by atoms with Crippen molar-refractivity contribution in [2.24, 2.45) is 0 Å². The molecule has 0 radical (unpaired) electrons. The van der Waals surface area contributed by atoms with Gasteiger partial charge in [0.25, 0.3) is 0 Å². The number of hydrogen-bond acceptors (Lipinski definition) is 4. The second-order valence-corrected chi connectivity index (χ2v) is 16.4. The third-order valence-electron chi connectivity index (χ3n) is 7.43. The summed E-state index contributed by atoms with van der Waals surface area (Å²) < 4.78 is 26.8. The molecule has 0 heterocycles. The molecule has 1 atom stereocenters. The highest BCUT2D eigenvalue weighted by molar-refractivity contribution is 14.1. The van der Waals surface area contributed by atoms with Crippen molar-refractivity contribution in [3.63, 3.8) is 0 Å². The minimum atomic E-state index is -1.95. The molecule has 0 saturated carbocycles. The molecule has 0 aliphatic carbocycles. The molecule has 3 aromatic rings. The number of halogens is 1. The second-order valence-electron chi connectivity index (χ2n) is 10.9. The van der Waals surface area contributed by atoms with E-state index in [2.05, 4.69) is 111 Å². The van der Waals surface area contributed by atoms with Gasteiger partial charge in [0.2, 0.25) is 0 Å². The van der Waals surface area contributed by atoms with Gasteiger partial charge in [0.05, 0.1) is 26.9 Å². The average Bonchev–Trinajstić information content (AvgIpc) is 2.91. The van der Waals surface area contributed by atoms with Crippen LogP contribution in [-0.4, -0.2) is 35.2 Å². The molecular weight excluding hydrogens is 603 g/mol. The summed E-state index contributed by atoms with van der Waals surface area (Å²) in [5.41, 5.74) is 2.29. The molecule has 3 rings (SSSR count). The molecule has 0 aliphatic rings. The Balaban J connectivity index is 2.05. The van der Waals surface area contributed by atoms with E-state index in [1.54, 1.807) is 14.2 Å². The molecule has 204 valence electrons. The molecule has 0 unspecified atom stereocenters. The zero-order valence-corrected chi connectivity index (χ0v) is 26.8. The predicted octanol–water partition coefficient (Wildman–Crippen LogP) is 8.74. The highest BCUT2D eigenvalue weighted by atomic mass is 127. The monoisotopic (exact) mass is 644 g/mol. The maximum atomic E-state index is 7.03. The number of hydrogen-bond donors (Lipinski definition) is 0. The summed E-state index contributed by atoms with van der Waals surface area (Å²) in [6.45, 7) is 11.9. The van der Waals surface area contributed by atoms with Crippen LogP contribution in [0.15, 0.2) is 89.0 Å². The smallest absolute Gasteiger partial charge is 0.192 e. The Morgan fingerprint density at radius 2 is 1.24 bits per heavy atom.